The lowest BCUT2D eigenvalue weighted by Gasteiger charge is -2.20. The van der Waals surface area contributed by atoms with Gasteiger partial charge in [0.05, 0.1) is 5.69 Å². The third-order valence-corrected chi connectivity index (χ3v) is 4.82. The zero-order chi connectivity index (χ0) is 15.4. The molecule has 0 bridgehead atoms. The predicted octanol–water partition coefficient (Wildman–Crippen LogP) is 3.66. The molecule has 1 saturated carbocycles. The first kappa shape index (κ1) is 15.7. The summed E-state index contributed by atoms with van der Waals surface area (Å²) < 4.78 is 2.45. The van der Waals surface area contributed by atoms with Crippen LogP contribution in [-0.4, -0.2) is 15.4 Å². The normalized spacial score (nSPS) is 17.3. The van der Waals surface area contributed by atoms with Crippen molar-refractivity contribution < 1.29 is 0 Å². The van der Waals surface area contributed by atoms with Gasteiger partial charge in [0.25, 0.3) is 5.56 Å². The fourth-order valence-electron chi connectivity index (χ4n) is 3.13. The summed E-state index contributed by atoms with van der Waals surface area (Å²) in [4.78, 5) is 16.8. The van der Waals surface area contributed by atoms with Crippen LogP contribution >= 0.6 is 15.9 Å². The first-order valence-electron chi connectivity index (χ1n) is 8.13. The van der Waals surface area contributed by atoms with Gasteiger partial charge in [0.1, 0.15) is 5.65 Å². The van der Waals surface area contributed by atoms with Gasteiger partial charge >= 0.3 is 0 Å². The molecule has 0 unspecified atom stereocenters. The standard InChI is InChI=1S/C17H22BrN3O/c18-13-8-9-16-20-15(10-17(22)21(16)12-13)11-19-14-6-4-2-1-3-5-7-14/h8-10,12,14,19H,1-7,11H2. The Morgan fingerprint density at radius 2 is 1.91 bits per heavy atom. The average Bonchev–Trinajstić information content (AvgIpc) is 2.47. The zero-order valence-electron chi connectivity index (χ0n) is 12.7. The van der Waals surface area contributed by atoms with Crippen molar-refractivity contribution in [3.8, 4) is 0 Å². The number of hydrogen-bond acceptors (Lipinski definition) is 3. The quantitative estimate of drug-likeness (QED) is 0.904. The van der Waals surface area contributed by atoms with Gasteiger partial charge in [-0.25, -0.2) is 4.98 Å². The molecule has 0 spiro atoms. The first-order chi connectivity index (χ1) is 10.7. The molecule has 0 aromatic carbocycles. The molecule has 1 aliphatic carbocycles. The molecule has 0 amide bonds. The van der Waals surface area contributed by atoms with E-state index in [1.54, 1.807) is 16.7 Å². The number of fused-ring (bicyclic) bond motifs is 1. The number of aromatic nitrogens is 2. The largest absolute Gasteiger partial charge is 0.308 e. The van der Waals surface area contributed by atoms with E-state index < -0.39 is 0 Å². The molecular weight excluding hydrogens is 342 g/mol. The topological polar surface area (TPSA) is 46.4 Å². The average molecular weight is 364 g/mol. The van der Waals surface area contributed by atoms with Crippen LogP contribution in [0.25, 0.3) is 5.65 Å². The van der Waals surface area contributed by atoms with Crippen LogP contribution in [0, 0.1) is 0 Å². The van der Waals surface area contributed by atoms with Crippen molar-refractivity contribution in [2.45, 2.75) is 57.5 Å². The molecule has 2 aromatic heterocycles. The fraction of sp³-hybridized carbons (Fsp3) is 0.529. The summed E-state index contributed by atoms with van der Waals surface area (Å²) in [6.45, 7) is 0.673. The van der Waals surface area contributed by atoms with Crippen molar-refractivity contribution in [1.82, 2.24) is 14.7 Å². The third-order valence-electron chi connectivity index (χ3n) is 4.35. The highest BCUT2D eigenvalue weighted by Gasteiger charge is 2.11. The second-order valence-electron chi connectivity index (χ2n) is 6.08. The monoisotopic (exact) mass is 363 g/mol. The van der Waals surface area contributed by atoms with Gasteiger partial charge in [0, 0.05) is 29.3 Å². The Balaban J connectivity index is 1.71. The van der Waals surface area contributed by atoms with Crippen LogP contribution in [0.4, 0.5) is 0 Å². The van der Waals surface area contributed by atoms with Gasteiger partial charge in [-0.15, -0.1) is 0 Å². The van der Waals surface area contributed by atoms with Gasteiger partial charge in [0.2, 0.25) is 0 Å². The van der Waals surface area contributed by atoms with E-state index in [4.69, 9.17) is 0 Å². The lowest BCUT2D eigenvalue weighted by molar-refractivity contribution is 0.387. The molecule has 3 rings (SSSR count). The smallest absolute Gasteiger partial charge is 0.258 e. The fourth-order valence-corrected chi connectivity index (χ4v) is 3.46. The summed E-state index contributed by atoms with van der Waals surface area (Å²) in [5.74, 6) is 0. The summed E-state index contributed by atoms with van der Waals surface area (Å²) in [7, 11) is 0. The highest BCUT2D eigenvalue weighted by atomic mass is 79.9. The van der Waals surface area contributed by atoms with Gasteiger partial charge in [0.15, 0.2) is 0 Å². The molecule has 0 saturated heterocycles. The van der Waals surface area contributed by atoms with Crippen LogP contribution in [0.3, 0.4) is 0 Å². The van der Waals surface area contributed by atoms with E-state index in [1.807, 2.05) is 12.1 Å². The minimum Gasteiger partial charge on any atom is -0.308 e. The van der Waals surface area contributed by atoms with Crippen molar-refractivity contribution in [2.75, 3.05) is 0 Å². The molecule has 2 aromatic rings. The number of rotatable bonds is 3. The number of nitrogens with one attached hydrogen (secondary N) is 1. The minimum absolute atomic E-state index is 0.0271. The highest BCUT2D eigenvalue weighted by molar-refractivity contribution is 9.10. The second kappa shape index (κ2) is 7.38. The maximum absolute atomic E-state index is 12.2. The van der Waals surface area contributed by atoms with Gasteiger partial charge in [-0.05, 0) is 40.9 Å². The van der Waals surface area contributed by atoms with Crippen LogP contribution in [0.1, 0.15) is 50.6 Å². The van der Waals surface area contributed by atoms with Gasteiger partial charge in [-0.3, -0.25) is 9.20 Å². The van der Waals surface area contributed by atoms with Gasteiger partial charge in [-0.2, -0.15) is 0 Å². The maximum Gasteiger partial charge on any atom is 0.258 e. The number of halogens is 1. The molecular formula is C17H22BrN3O. The highest BCUT2D eigenvalue weighted by Crippen LogP contribution is 2.17. The second-order valence-corrected chi connectivity index (χ2v) is 7.00. The molecule has 2 heterocycles. The van der Waals surface area contributed by atoms with Crippen molar-refractivity contribution in [2.24, 2.45) is 0 Å². The van der Waals surface area contributed by atoms with Crippen LogP contribution in [0.2, 0.25) is 0 Å². The Labute approximate surface area is 139 Å². The van der Waals surface area contributed by atoms with Crippen LogP contribution < -0.4 is 10.9 Å². The Hall–Kier alpha value is -1.20. The Morgan fingerprint density at radius 1 is 1.18 bits per heavy atom. The van der Waals surface area contributed by atoms with E-state index in [1.165, 1.54) is 44.9 Å². The Kier molecular flexibility index (Phi) is 5.26. The predicted molar refractivity (Wildman–Crippen MR) is 92.1 cm³/mol. The van der Waals surface area contributed by atoms with Crippen molar-refractivity contribution in [3.63, 3.8) is 0 Å². The lowest BCUT2D eigenvalue weighted by atomic mass is 9.97. The number of nitrogens with zero attached hydrogens (tertiary/aromatic N) is 2. The maximum atomic E-state index is 12.2. The molecule has 0 aliphatic heterocycles. The van der Waals surface area contributed by atoms with Gasteiger partial charge in [-0.1, -0.05) is 32.1 Å². The zero-order valence-corrected chi connectivity index (χ0v) is 14.3. The first-order valence-corrected chi connectivity index (χ1v) is 8.93. The molecule has 4 nitrogen and oxygen atoms in total. The molecule has 118 valence electrons. The van der Waals surface area contributed by atoms with E-state index in [9.17, 15) is 4.79 Å². The van der Waals surface area contributed by atoms with Crippen molar-refractivity contribution in [1.29, 1.82) is 0 Å². The molecule has 22 heavy (non-hydrogen) atoms. The summed E-state index contributed by atoms with van der Waals surface area (Å²) in [5, 5.41) is 3.59. The van der Waals surface area contributed by atoms with E-state index >= 15 is 0 Å². The lowest BCUT2D eigenvalue weighted by Crippen LogP contribution is -2.30. The van der Waals surface area contributed by atoms with E-state index in [2.05, 4.69) is 26.2 Å². The van der Waals surface area contributed by atoms with E-state index in [0.29, 0.717) is 18.2 Å². The van der Waals surface area contributed by atoms with Crippen LogP contribution in [0.15, 0.2) is 33.7 Å². The van der Waals surface area contributed by atoms with Crippen LogP contribution in [-0.2, 0) is 6.54 Å². The third kappa shape index (κ3) is 3.96. The number of hydrogen-bond donors (Lipinski definition) is 1. The SMILES string of the molecule is O=c1cc(CNC2CCCCCCC2)nc2ccc(Br)cn12. The van der Waals surface area contributed by atoms with Crippen molar-refractivity contribution in [3.05, 3.63) is 44.9 Å². The molecule has 1 N–H and O–H groups in total. The van der Waals surface area contributed by atoms with Gasteiger partial charge < -0.3 is 5.32 Å². The Morgan fingerprint density at radius 3 is 2.68 bits per heavy atom. The molecule has 0 atom stereocenters. The summed E-state index contributed by atoms with van der Waals surface area (Å²) in [5.41, 5.74) is 1.50. The summed E-state index contributed by atoms with van der Waals surface area (Å²) in [6.07, 6.45) is 10.9. The van der Waals surface area contributed by atoms with Crippen LogP contribution in [0.5, 0.6) is 0 Å². The minimum atomic E-state index is -0.0271. The number of pyridine rings is 1. The molecule has 1 aliphatic rings. The molecule has 5 heteroatoms. The molecule has 0 radical (unpaired) electrons. The van der Waals surface area contributed by atoms with E-state index in [-0.39, 0.29) is 5.56 Å². The summed E-state index contributed by atoms with van der Waals surface area (Å²) in [6, 6.07) is 5.97. The van der Waals surface area contributed by atoms with Crippen molar-refractivity contribution >= 4 is 21.6 Å². The molecule has 1 fully saturated rings. The summed E-state index contributed by atoms with van der Waals surface area (Å²) >= 11 is 3.38. The van der Waals surface area contributed by atoms with E-state index in [0.717, 1.165) is 10.2 Å². The Bertz CT molecular complexity index is 690.